The van der Waals surface area contributed by atoms with Gasteiger partial charge in [0, 0.05) is 31.7 Å². The highest BCUT2D eigenvalue weighted by Gasteiger charge is 2.28. The third-order valence-corrected chi connectivity index (χ3v) is 5.22. The van der Waals surface area contributed by atoms with E-state index in [0.29, 0.717) is 6.54 Å². The molecule has 1 aliphatic rings. The molecular formula is C18H21N3OS. The highest BCUT2D eigenvalue weighted by molar-refractivity contribution is 8.01. The summed E-state index contributed by atoms with van der Waals surface area (Å²) in [7, 11) is 3.91. The molecule has 120 valence electrons. The fourth-order valence-corrected chi connectivity index (χ4v) is 3.92. The number of pyridine rings is 1. The number of nitrogens with one attached hydrogen (secondary N) is 1. The van der Waals surface area contributed by atoms with Crippen molar-refractivity contribution in [3.63, 3.8) is 0 Å². The lowest BCUT2D eigenvalue weighted by Gasteiger charge is -2.13. The number of fused-ring (bicyclic) bond motifs is 1. The summed E-state index contributed by atoms with van der Waals surface area (Å²) < 4.78 is 0. The van der Waals surface area contributed by atoms with Crippen LogP contribution in [-0.4, -0.2) is 30.2 Å². The van der Waals surface area contributed by atoms with E-state index in [9.17, 15) is 4.79 Å². The zero-order valence-electron chi connectivity index (χ0n) is 13.7. The van der Waals surface area contributed by atoms with E-state index in [1.165, 1.54) is 16.0 Å². The van der Waals surface area contributed by atoms with Crippen molar-refractivity contribution in [3.8, 4) is 0 Å². The zero-order chi connectivity index (χ0) is 16.4. The molecule has 3 rings (SSSR count). The molecule has 1 unspecified atom stereocenters. The van der Waals surface area contributed by atoms with Gasteiger partial charge in [-0.15, -0.1) is 11.8 Å². The molecule has 0 aliphatic carbocycles. The molecule has 0 radical (unpaired) electrons. The van der Waals surface area contributed by atoms with E-state index in [-0.39, 0.29) is 11.2 Å². The third kappa shape index (κ3) is 3.67. The Kier molecular flexibility index (Phi) is 4.57. The number of hydrogen-bond acceptors (Lipinski definition) is 4. The summed E-state index contributed by atoms with van der Waals surface area (Å²) in [4.78, 5) is 19.9. The minimum absolute atomic E-state index is 0.0260. The molecule has 0 spiro atoms. The maximum Gasteiger partial charge on any atom is 0.234 e. The van der Waals surface area contributed by atoms with Crippen LogP contribution in [0.3, 0.4) is 0 Å². The van der Waals surface area contributed by atoms with Crippen LogP contribution in [0.1, 0.15) is 16.7 Å². The molecule has 1 aliphatic heterocycles. The SMILES string of the molecule is Cc1ccc2c(c1)SC(C(=O)NCc1ccnc(N(C)C)c1)C2. The zero-order valence-corrected chi connectivity index (χ0v) is 14.5. The molecule has 0 bridgehead atoms. The largest absolute Gasteiger partial charge is 0.363 e. The van der Waals surface area contributed by atoms with Gasteiger partial charge in [-0.05, 0) is 42.7 Å². The van der Waals surface area contributed by atoms with Crippen molar-refractivity contribution in [1.29, 1.82) is 0 Å². The van der Waals surface area contributed by atoms with Crippen LogP contribution in [0, 0.1) is 6.92 Å². The number of thioether (sulfide) groups is 1. The van der Waals surface area contributed by atoms with Crippen LogP contribution in [0.5, 0.6) is 0 Å². The number of aromatic nitrogens is 1. The van der Waals surface area contributed by atoms with Crippen LogP contribution in [0.25, 0.3) is 0 Å². The van der Waals surface area contributed by atoms with Gasteiger partial charge in [-0.3, -0.25) is 4.79 Å². The minimum Gasteiger partial charge on any atom is -0.363 e. The van der Waals surface area contributed by atoms with E-state index in [0.717, 1.165) is 17.8 Å². The van der Waals surface area contributed by atoms with Crippen LogP contribution in [0.4, 0.5) is 5.82 Å². The van der Waals surface area contributed by atoms with Gasteiger partial charge in [0.25, 0.3) is 0 Å². The summed E-state index contributed by atoms with van der Waals surface area (Å²) in [6.07, 6.45) is 2.59. The van der Waals surface area contributed by atoms with E-state index in [4.69, 9.17) is 0 Å². The number of rotatable bonds is 4. The average molecular weight is 327 g/mol. The number of anilines is 1. The van der Waals surface area contributed by atoms with Crippen molar-refractivity contribution in [2.75, 3.05) is 19.0 Å². The summed E-state index contributed by atoms with van der Waals surface area (Å²) in [5, 5.41) is 3.02. The predicted octanol–water partition coefficient (Wildman–Crippen LogP) is 2.79. The summed E-state index contributed by atoms with van der Waals surface area (Å²) in [5.41, 5.74) is 3.58. The van der Waals surface area contributed by atoms with E-state index in [1.807, 2.05) is 31.1 Å². The molecule has 2 heterocycles. The normalized spacial score (nSPS) is 16.0. The molecule has 1 amide bonds. The topological polar surface area (TPSA) is 45.2 Å². The Morgan fingerprint density at radius 2 is 2.17 bits per heavy atom. The first kappa shape index (κ1) is 15.9. The first-order valence-electron chi connectivity index (χ1n) is 7.69. The number of aryl methyl sites for hydroxylation is 1. The highest BCUT2D eigenvalue weighted by Crippen LogP contribution is 2.37. The van der Waals surface area contributed by atoms with E-state index in [2.05, 4.69) is 35.4 Å². The lowest BCUT2D eigenvalue weighted by molar-refractivity contribution is -0.120. The van der Waals surface area contributed by atoms with Crippen molar-refractivity contribution in [3.05, 3.63) is 53.2 Å². The second kappa shape index (κ2) is 6.62. The number of carbonyl (C=O) groups is 1. The molecule has 1 atom stereocenters. The molecule has 0 fully saturated rings. The second-order valence-electron chi connectivity index (χ2n) is 6.06. The quantitative estimate of drug-likeness (QED) is 0.938. The van der Waals surface area contributed by atoms with Gasteiger partial charge < -0.3 is 10.2 Å². The van der Waals surface area contributed by atoms with Crippen LogP contribution in [-0.2, 0) is 17.8 Å². The van der Waals surface area contributed by atoms with Gasteiger partial charge in [0.15, 0.2) is 0 Å². The van der Waals surface area contributed by atoms with Gasteiger partial charge in [-0.25, -0.2) is 4.98 Å². The summed E-state index contributed by atoms with van der Waals surface area (Å²) in [6.45, 7) is 2.62. The molecule has 1 N–H and O–H groups in total. The minimum atomic E-state index is -0.0260. The fourth-order valence-electron chi connectivity index (χ4n) is 2.60. The van der Waals surface area contributed by atoms with Crippen LogP contribution in [0.2, 0.25) is 0 Å². The number of amides is 1. The first-order valence-corrected chi connectivity index (χ1v) is 8.57. The maximum atomic E-state index is 12.4. The molecule has 0 saturated carbocycles. The van der Waals surface area contributed by atoms with Gasteiger partial charge >= 0.3 is 0 Å². The Bertz CT molecular complexity index is 730. The Morgan fingerprint density at radius 3 is 2.96 bits per heavy atom. The Balaban J connectivity index is 1.60. The molecule has 5 heteroatoms. The molecule has 1 aromatic heterocycles. The second-order valence-corrected chi connectivity index (χ2v) is 7.30. The Hall–Kier alpha value is -2.01. The van der Waals surface area contributed by atoms with Crippen molar-refractivity contribution in [2.24, 2.45) is 0 Å². The number of benzene rings is 1. The van der Waals surface area contributed by atoms with Crippen molar-refractivity contribution < 1.29 is 4.79 Å². The Labute approximate surface area is 141 Å². The monoisotopic (exact) mass is 327 g/mol. The van der Waals surface area contributed by atoms with Crippen molar-refractivity contribution >= 4 is 23.5 Å². The fraction of sp³-hybridized carbons (Fsp3) is 0.333. The number of nitrogens with zero attached hydrogens (tertiary/aromatic N) is 2. The number of carbonyl (C=O) groups excluding carboxylic acids is 1. The van der Waals surface area contributed by atoms with Crippen molar-refractivity contribution in [1.82, 2.24) is 10.3 Å². The molecule has 0 saturated heterocycles. The van der Waals surface area contributed by atoms with E-state index >= 15 is 0 Å². The first-order chi connectivity index (χ1) is 11.0. The van der Waals surface area contributed by atoms with Crippen LogP contribution in [0.15, 0.2) is 41.4 Å². The molecule has 1 aromatic carbocycles. The molecule has 23 heavy (non-hydrogen) atoms. The van der Waals surface area contributed by atoms with Gasteiger partial charge in [0.2, 0.25) is 5.91 Å². The smallest absolute Gasteiger partial charge is 0.234 e. The average Bonchev–Trinajstić information content (AvgIpc) is 2.96. The summed E-state index contributed by atoms with van der Waals surface area (Å²) >= 11 is 1.67. The van der Waals surface area contributed by atoms with Crippen LogP contribution >= 0.6 is 11.8 Å². The van der Waals surface area contributed by atoms with Gasteiger partial charge in [0.05, 0.1) is 5.25 Å². The lowest BCUT2D eigenvalue weighted by Crippen LogP contribution is -2.32. The maximum absolute atomic E-state index is 12.4. The predicted molar refractivity (Wildman–Crippen MR) is 94.9 cm³/mol. The standard InChI is InChI=1S/C18H21N3OS/c1-12-4-5-14-10-16(23-15(14)8-12)18(22)20-11-13-6-7-19-17(9-13)21(2)3/h4-9,16H,10-11H2,1-3H3,(H,20,22). The van der Waals surface area contributed by atoms with Crippen LogP contribution < -0.4 is 10.2 Å². The molecule has 2 aromatic rings. The highest BCUT2D eigenvalue weighted by atomic mass is 32.2. The number of hydrogen-bond donors (Lipinski definition) is 1. The Morgan fingerprint density at radius 1 is 1.35 bits per heavy atom. The van der Waals surface area contributed by atoms with E-state index in [1.54, 1.807) is 18.0 Å². The van der Waals surface area contributed by atoms with E-state index < -0.39 is 0 Å². The van der Waals surface area contributed by atoms with Gasteiger partial charge in [-0.2, -0.15) is 0 Å². The molecular weight excluding hydrogens is 306 g/mol. The lowest BCUT2D eigenvalue weighted by atomic mass is 10.1. The summed E-state index contributed by atoms with van der Waals surface area (Å²) in [6, 6.07) is 10.4. The molecule has 4 nitrogen and oxygen atoms in total. The van der Waals surface area contributed by atoms with Gasteiger partial charge in [-0.1, -0.05) is 17.7 Å². The summed E-state index contributed by atoms with van der Waals surface area (Å²) in [5.74, 6) is 1.00. The van der Waals surface area contributed by atoms with Gasteiger partial charge in [0.1, 0.15) is 5.82 Å². The van der Waals surface area contributed by atoms with Crippen molar-refractivity contribution in [2.45, 2.75) is 30.0 Å². The third-order valence-electron chi connectivity index (χ3n) is 3.92.